The molecule has 2 N–H and O–H groups in total. The fourth-order valence-corrected chi connectivity index (χ4v) is 2.39. The van der Waals surface area contributed by atoms with Gasteiger partial charge in [0.1, 0.15) is 0 Å². The highest BCUT2D eigenvalue weighted by molar-refractivity contribution is 6.30. The van der Waals surface area contributed by atoms with Crippen LogP contribution in [0.5, 0.6) is 11.5 Å². The molecule has 0 bridgehead atoms. The summed E-state index contributed by atoms with van der Waals surface area (Å²) < 4.78 is 5.10. The molecule has 0 radical (unpaired) electrons. The zero-order valence-corrected chi connectivity index (χ0v) is 14.4. The van der Waals surface area contributed by atoms with Crippen LogP contribution in [0.15, 0.2) is 48.5 Å². The minimum absolute atomic E-state index is 0.119. The molecule has 0 saturated carbocycles. The Morgan fingerprint density at radius 3 is 2.44 bits per heavy atom. The standard InChI is InChI=1S/C20H17ClN2O2/c1-25-20-12-15(6-11-19(20)24)5-10-18-13-17(22-23-18)9-4-14-2-7-16(21)8-3-14/h2-13,24H,1H3,(H,22,23)/b9-4+,10-5?. The van der Waals surface area contributed by atoms with Crippen molar-refractivity contribution in [1.82, 2.24) is 10.2 Å². The first kappa shape index (κ1) is 16.9. The van der Waals surface area contributed by atoms with Crippen molar-refractivity contribution in [3.05, 3.63) is 76.1 Å². The summed E-state index contributed by atoms with van der Waals surface area (Å²) in [6.07, 6.45) is 7.74. The van der Waals surface area contributed by atoms with Crippen molar-refractivity contribution < 1.29 is 9.84 Å². The molecule has 3 aromatic rings. The second kappa shape index (κ2) is 7.73. The van der Waals surface area contributed by atoms with E-state index in [-0.39, 0.29) is 5.75 Å². The average molecular weight is 353 g/mol. The first-order valence-corrected chi connectivity index (χ1v) is 8.06. The number of hydrogen-bond donors (Lipinski definition) is 2. The maximum Gasteiger partial charge on any atom is 0.161 e. The average Bonchev–Trinajstić information content (AvgIpc) is 3.08. The molecule has 25 heavy (non-hydrogen) atoms. The molecule has 0 aliphatic carbocycles. The van der Waals surface area contributed by atoms with Crippen LogP contribution in [0.1, 0.15) is 22.5 Å². The summed E-state index contributed by atoms with van der Waals surface area (Å²) in [5.41, 5.74) is 3.68. The number of methoxy groups -OCH3 is 1. The largest absolute Gasteiger partial charge is 0.504 e. The van der Waals surface area contributed by atoms with Gasteiger partial charge in [0.2, 0.25) is 0 Å². The summed E-state index contributed by atoms with van der Waals surface area (Å²) in [6, 6.07) is 14.7. The fourth-order valence-electron chi connectivity index (χ4n) is 2.26. The number of aromatic amines is 1. The molecule has 1 aromatic heterocycles. The topological polar surface area (TPSA) is 58.1 Å². The van der Waals surface area contributed by atoms with Gasteiger partial charge in [-0.25, -0.2) is 0 Å². The van der Waals surface area contributed by atoms with Gasteiger partial charge in [-0.3, -0.25) is 5.10 Å². The third kappa shape index (κ3) is 4.52. The van der Waals surface area contributed by atoms with E-state index in [9.17, 15) is 5.11 Å². The van der Waals surface area contributed by atoms with Gasteiger partial charge >= 0.3 is 0 Å². The van der Waals surface area contributed by atoms with E-state index in [4.69, 9.17) is 16.3 Å². The zero-order valence-electron chi connectivity index (χ0n) is 13.6. The highest BCUT2D eigenvalue weighted by Gasteiger charge is 2.01. The van der Waals surface area contributed by atoms with Crippen molar-refractivity contribution in [3.8, 4) is 11.5 Å². The number of ether oxygens (including phenoxy) is 1. The Morgan fingerprint density at radius 2 is 1.68 bits per heavy atom. The van der Waals surface area contributed by atoms with Gasteiger partial charge in [0, 0.05) is 5.02 Å². The number of hydrogen-bond acceptors (Lipinski definition) is 3. The Labute approximate surface area is 151 Å². The Balaban J connectivity index is 1.70. The van der Waals surface area contributed by atoms with E-state index in [1.807, 2.05) is 60.7 Å². The highest BCUT2D eigenvalue weighted by atomic mass is 35.5. The van der Waals surface area contributed by atoms with E-state index in [0.717, 1.165) is 27.5 Å². The van der Waals surface area contributed by atoms with Gasteiger partial charge in [0.15, 0.2) is 11.5 Å². The van der Waals surface area contributed by atoms with E-state index in [1.54, 1.807) is 12.1 Å². The summed E-state index contributed by atoms with van der Waals surface area (Å²) in [6.45, 7) is 0. The van der Waals surface area contributed by atoms with Crippen LogP contribution in [0.2, 0.25) is 5.02 Å². The quantitative estimate of drug-likeness (QED) is 0.670. The van der Waals surface area contributed by atoms with Gasteiger partial charge in [-0.1, -0.05) is 42.0 Å². The number of benzene rings is 2. The van der Waals surface area contributed by atoms with E-state index in [1.165, 1.54) is 7.11 Å². The van der Waals surface area contributed by atoms with Crippen LogP contribution in [0.25, 0.3) is 24.3 Å². The minimum Gasteiger partial charge on any atom is -0.504 e. The molecule has 0 fully saturated rings. The Bertz CT molecular complexity index is 912. The van der Waals surface area contributed by atoms with Gasteiger partial charge in [0.05, 0.1) is 18.5 Å². The molecule has 5 heteroatoms. The maximum absolute atomic E-state index is 9.61. The van der Waals surface area contributed by atoms with E-state index in [2.05, 4.69) is 10.2 Å². The molecule has 0 saturated heterocycles. The van der Waals surface area contributed by atoms with Crippen LogP contribution in [0, 0.1) is 0 Å². The van der Waals surface area contributed by atoms with Crippen molar-refractivity contribution in [1.29, 1.82) is 0 Å². The molecular weight excluding hydrogens is 336 g/mol. The number of nitrogens with one attached hydrogen (secondary N) is 1. The Kier molecular flexibility index (Phi) is 5.21. The van der Waals surface area contributed by atoms with Gasteiger partial charge < -0.3 is 9.84 Å². The van der Waals surface area contributed by atoms with Crippen molar-refractivity contribution in [2.75, 3.05) is 7.11 Å². The lowest BCUT2D eigenvalue weighted by atomic mass is 10.1. The summed E-state index contributed by atoms with van der Waals surface area (Å²) >= 11 is 5.88. The second-order valence-electron chi connectivity index (χ2n) is 5.40. The van der Waals surface area contributed by atoms with Crippen LogP contribution in [0.3, 0.4) is 0 Å². The van der Waals surface area contributed by atoms with E-state index >= 15 is 0 Å². The van der Waals surface area contributed by atoms with Gasteiger partial charge in [-0.05, 0) is 53.6 Å². The SMILES string of the molecule is COc1cc(C=Cc2cc(/C=C/c3ccc(Cl)cc3)[nH]n2)ccc1O. The summed E-state index contributed by atoms with van der Waals surface area (Å²) in [4.78, 5) is 0. The maximum atomic E-state index is 9.61. The molecule has 0 spiro atoms. The molecular formula is C20H17ClN2O2. The molecule has 4 nitrogen and oxygen atoms in total. The molecule has 0 amide bonds. The van der Waals surface area contributed by atoms with E-state index in [0.29, 0.717) is 5.75 Å². The lowest BCUT2D eigenvalue weighted by molar-refractivity contribution is 0.373. The number of nitrogens with zero attached hydrogens (tertiary/aromatic N) is 1. The van der Waals surface area contributed by atoms with Crippen LogP contribution in [0.4, 0.5) is 0 Å². The molecule has 0 aliphatic heterocycles. The van der Waals surface area contributed by atoms with Crippen LogP contribution in [-0.4, -0.2) is 22.4 Å². The third-order valence-corrected chi connectivity index (χ3v) is 3.85. The fraction of sp³-hybridized carbons (Fsp3) is 0.0500. The van der Waals surface area contributed by atoms with Crippen LogP contribution >= 0.6 is 11.6 Å². The summed E-state index contributed by atoms with van der Waals surface area (Å²) in [7, 11) is 1.52. The second-order valence-corrected chi connectivity index (χ2v) is 5.83. The number of phenols is 1. The Hall–Kier alpha value is -2.98. The van der Waals surface area contributed by atoms with E-state index < -0.39 is 0 Å². The van der Waals surface area contributed by atoms with Crippen molar-refractivity contribution in [2.24, 2.45) is 0 Å². The van der Waals surface area contributed by atoms with Crippen molar-refractivity contribution in [2.45, 2.75) is 0 Å². The number of phenolic OH excluding ortho intramolecular Hbond substituents is 1. The highest BCUT2D eigenvalue weighted by Crippen LogP contribution is 2.27. The normalized spacial score (nSPS) is 11.4. The predicted molar refractivity (Wildman–Crippen MR) is 103 cm³/mol. The first-order valence-electron chi connectivity index (χ1n) is 7.68. The number of H-pyrrole nitrogens is 1. The lowest BCUT2D eigenvalue weighted by Gasteiger charge is -2.03. The predicted octanol–water partition coefficient (Wildman–Crippen LogP) is 5.12. The van der Waals surface area contributed by atoms with Gasteiger partial charge in [-0.15, -0.1) is 0 Å². The lowest BCUT2D eigenvalue weighted by Crippen LogP contribution is -1.84. The molecule has 0 aliphatic rings. The van der Waals surface area contributed by atoms with Crippen molar-refractivity contribution in [3.63, 3.8) is 0 Å². The molecule has 0 unspecified atom stereocenters. The molecule has 3 rings (SSSR count). The van der Waals surface area contributed by atoms with Crippen molar-refractivity contribution >= 4 is 35.9 Å². The molecule has 2 aromatic carbocycles. The first-order chi connectivity index (χ1) is 12.1. The van der Waals surface area contributed by atoms with Gasteiger partial charge in [-0.2, -0.15) is 5.10 Å². The Morgan fingerprint density at radius 1 is 0.960 bits per heavy atom. The third-order valence-electron chi connectivity index (χ3n) is 3.59. The monoisotopic (exact) mass is 352 g/mol. The summed E-state index contributed by atoms with van der Waals surface area (Å²) in [5.74, 6) is 0.560. The molecule has 1 heterocycles. The minimum atomic E-state index is 0.119. The number of halogens is 1. The number of aromatic hydroxyl groups is 1. The number of aromatic nitrogens is 2. The smallest absolute Gasteiger partial charge is 0.161 e. The van der Waals surface area contributed by atoms with Crippen LogP contribution in [-0.2, 0) is 0 Å². The van der Waals surface area contributed by atoms with Crippen LogP contribution < -0.4 is 4.74 Å². The summed E-state index contributed by atoms with van der Waals surface area (Å²) in [5, 5.41) is 17.6. The van der Waals surface area contributed by atoms with Gasteiger partial charge in [0.25, 0.3) is 0 Å². The number of rotatable bonds is 5. The molecule has 126 valence electrons. The molecule has 0 atom stereocenters. The zero-order chi connectivity index (χ0) is 17.6.